The summed E-state index contributed by atoms with van der Waals surface area (Å²) < 4.78 is 0. The second-order valence-corrected chi connectivity index (χ2v) is 4.83. The van der Waals surface area contributed by atoms with E-state index in [0.29, 0.717) is 10.6 Å². The molecule has 0 radical (unpaired) electrons. The Kier molecular flexibility index (Phi) is 4.58. The number of rotatable bonds is 4. The Bertz CT molecular complexity index is 601. The topological polar surface area (TPSA) is 54.0 Å². The van der Waals surface area contributed by atoms with Crippen molar-refractivity contribution in [1.29, 1.82) is 0 Å². The van der Waals surface area contributed by atoms with Crippen LogP contribution in [0.3, 0.4) is 0 Å². The van der Waals surface area contributed by atoms with Crippen molar-refractivity contribution >= 4 is 23.2 Å². The zero-order chi connectivity index (χ0) is 14.5. The van der Waals surface area contributed by atoms with Gasteiger partial charge in [0.1, 0.15) is 0 Å². The molecule has 0 spiro atoms. The molecule has 1 unspecified atom stereocenters. The second-order valence-electron chi connectivity index (χ2n) is 4.42. The van der Waals surface area contributed by atoms with Crippen molar-refractivity contribution in [2.75, 3.05) is 12.4 Å². The summed E-state index contributed by atoms with van der Waals surface area (Å²) in [4.78, 5) is 15.7. The van der Waals surface area contributed by atoms with E-state index in [1.807, 2.05) is 25.1 Å². The standard InChI is InChI=1S/C15H16ClN3O/c1-10(11-5-7-18-8-6-11)19-12-3-4-14(16)13(9-12)15(20)17-2/h3-10,19H,1-2H3,(H,17,20). The minimum absolute atomic E-state index is 0.108. The molecule has 1 aromatic heterocycles. The van der Waals surface area contributed by atoms with Crippen LogP contribution in [-0.4, -0.2) is 17.9 Å². The number of carbonyl (C=O) groups is 1. The van der Waals surface area contributed by atoms with E-state index in [2.05, 4.69) is 15.6 Å². The van der Waals surface area contributed by atoms with E-state index in [1.54, 1.807) is 31.6 Å². The number of aromatic nitrogens is 1. The summed E-state index contributed by atoms with van der Waals surface area (Å²) >= 11 is 6.03. The molecular formula is C15H16ClN3O. The first-order chi connectivity index (χ1) is 9.61. The zero-order valence-electron chi connectivity index (χ0n) is 11.4. The average Bonchev–Trinajstić information content (AvgIpc) is 2.49. The van der Waals surface area contributed by atoms with Crippen LogP contribution in [0.1, 0.15) is 28.9 Å². The predicted octanol–water partition coefficient (Wildman–Crippen LogP) is 3.27. The van der Waals surface area contributed by atoms with Gasteiger partial charge in [0.15, 0.2) is 0 Å². The van der Waals surface area contributed by atoms with Gasteiger partial charge in [0.25, 0.3) is 5.91 Å². The van der Waals surface area contributed by atoms with Gasteiger partial charge in [0.05, 0.1) is 10.6 Å². The third-order valence-electron chi connectivity index (χ3n) is 3.03. The highest BCUT2D eigenvalue weighted by Crippen LogP contribution is 2.24. The summed E-state index contributed by atoms with van der Waals surface area (Å²) in [6, 6.07) is 9.33. The lowest BCUT2D eigenvalue weighted by molar-refractivity contribution is 0.0963. The van der Waals surface area contributed by atoms with Crippen LogP contribution in [0.2, 0.25) is 5.02 Å². The molecule has 4 nitrogen and oxygen atoms in total. The highest BCUT2D eigenvalue weighted by Gasteiger charge is 2.11. The van der Waals surface area contributed by atoms with E-state index in [9.17, 15) is 4.79 Å². The molecule has 5 heteroatoms. The van der Waals surface area contributed by atoms with Crippen molar-refractivity contribution in [2.45, 2.75) is 13.0 Å². The smallest absolute Gasteiger partial charge is 0.252 e. The molecule has 1 amide bonds. The first-order valence-electron chi connectivity index (χ1n) is 6.30. The van der Waals surface area contributed by atoms with Crippen LogP contribution < -0.4 is 10.6 Å². The number of pyridine rings is 1. The van der Waals surface area contributed by atoms with E-state index in [4.69, 9.17) is 11.6 Å². The number of carbonyl (C=O) groups excluding carboxylic acids is 1. The van der Waals surface area contributed by atoms with E-state index in [-0.39, 0.29) is 11.9 Å². The Balaban J connectivity index is 2.20. The molecule has 2 rings (SSSR count). The lowest BCUT2D eigenvalue weighted by Crippen LogP contribution is -2.18. The van der Waals surface area contributed by atoms with E-state index in [1.165, 1.54) is 0 Å². The first kappa shape index (κ1) is 14.3. The van der Waals surface area contributed by atoms with Crippen molar-refractivity contribution in [1.82, 2.24) is 10.3 Å². The Hall–Kier alpha value is -2.07. The highest BCUT2D eigenvalue weighted by molar-refractivity contribution is 6.34. The van der Waals surface area contributed by atoms with Gasteiger partial charge in [-0.25, -0.2) is 0 Å². The van der Waals surface area contributed by atoms with Gasteiger partial charge >= 0.3 is 0 Å². The Morgan fingerprint density at radius 3 is 2.60 bits per heavy atom. The largest absolute Gasteiger partial charge is 0.378 e. The van der Waals surface area contributed by atoms with Gasteiger partial charge in [-0.15, -0.1) is 0 Å². The fourth-order valence-corrected chi connectivity index (χ4v) is 2.11. The number of amides is 1. The summed E-state index contributed by atoms with van der Waals surface area (Å²) in [5.74, 6) is -0.199. The summed E-state index contributed by atoms with van der Waals surface area (Å²) in [6.07, 6.45) is 3.51. The lowest BCUT2D eigenvalue weighted by atomic mass is 10.1. The SMILES string of the molecule is CNC(=O)c1cc(NC(C)c2ccncc2)ccc1Cl. The molecular weight excluding hydrogens is 274 g/mol. The zero-order valence-corrected chi connectivity index (χ0v) is 12.1. The van der Waals surface area contributed by atoms with Gasteiger partial charge in [0, 0.05) is 31.2 Å². The van der Waals surface area contributed by atoms with E-state index in [0.717, 1.165) is 11.3 Å². The number of benzene rings is 1. The summed E-state index contributed by atoms with van der Waals surface area (Å²) in [5.41, 5.74) is 2.43. The Morgan fingerprint density at radius 2 is 1.95 bits per heavy atom. The molecule has 1 atom stereocenters. The molecule has 2 N–H and O–H groups in total. The van der Waals surface area contributed by atoms with Crippen molar-refractivity contribution < 1.29 is 4.79 Å². The molecule has 0 fully saturated rings. The molecule has 0 bridgehead atoms. The minimum atomic E-state index is -0.199. The molecule has 0 saturated heterocycles. The van der Waals surface area contributed by atoms with Crippen LogP contribution in [0, 0.1) is 0 Å². The molecule has 1 aromatic carbocycles. The maximum Gasteiger partial charge on any atom is 0.252 e. The van der Waals surface area contributed by atoms with Crippen LogP contribution in [0.15, 0.2) is 42.7 Å². The maximum atomic E-state index is 11.7. The van der Waals surface area contributed by atoms with Crippen LogP contribution in [0.4, 0.5) is 5.69 Å². The quantitative estimate of drug-likeness (QED) is 0.908. The minimum Gasteiger partial charge on any atom is -0.378 e. The molecule has 20 heavy (non-hydrogen) atoms. The summed E-state index contributed by atoms with van der Waals surface area (Å²) in [5, 5.41) is 6.35. The fourth-order valence-electron chi connectivity index (χ4n) is 1.91. The van der Waals surface area contributed by atoms with Gasteiger partial charge in [-0.3, -0.25) is 9.78 Å². The van der Waals surface area contributed by atoms with Crippen LogP contribution >= 0.6 is 11.6 Å². The van der Waals surface area contributed by atoms with Crippen molar-refractivity contribution in [3.8, 4) is 0 Å². The highest BCUT2D eigenvalue weighted by atomic mass is 35.5. The van der Waals surface area contributed by atoms with Crippen molar-refractivity contribution in [3.63, 3.8) is 0 Å². The maximum absolute atomic E-state index is 11.7. The van der Waals surface area contributed by atoms with Crippen LogP contribution in [-0.2, 0) is 0 Å². The number of halogens is 1. The monoisotopic (exact) mass is 289 g/mol. The fraction of sp³-hybridized carbons (Fsp3) is 0.200. The predicted molar refractivity (Wildman–Crippen MR) is 81.1 cm³/mol. The summed E-state index contributed by atoms with van der Waals surface area (Å²) in [7, 11) is 1.58. The average molecular weight is 290 g/mol. The normalized spacial score (nSPS) is 11.8. The Morgan fingerprint density at radius 1 is 1.25 bits per heavy atom. The first-order valence-corrected chi connectivity index (χ1v) is 6.67. The molecule has 0 saturated carbocycles. The van der Waals surface area contributed by atoms with Crippen LogP contribution in [0.25, 0.3) is 0 Å². The van der Waals surface area contributed by atoms with Gasteiger partial charge in [0.2, 0.25) is 0 Å². The third-order valence-corrected chi connectivity index (χ3v) is 3.36. The number of anilines is 1. The second kappa shape index (κ2) is 6.39. The van der Waals surface area contributed by atoms with E-state index >= 15 is 0 Å². The third kappa shape index (κ3) is 3.27. The van der Waals surface area contributed by atoms with Crippen molar-refractivity contribution in [2.24, 2.45) is 0 Å². The molecule has 0 aliphatic carbocycles. The van der Waals surface area contributed by atoms with Gasteiger partial charge in [-0.05, 0) is 42.8 Å². The molecule has 0 aliphatic heterocycles. The number of hydrogen-bond donors (Lipinski definition) is 2. The summed E-state index contributed by atoms with van der Waals surface area (Å²) in [6.45, 7) is 2.05. The molecule has 104 valence electrons. The number of nitrogens with one attached hydrogen (secondary N) is 2. The van der Waals surface area contributed by atoms with E-state index < -0.39 is 0 Å². The van der Waals surface area contributed by atoms with Gasteiger partial charge in [-0.2, -0.15) is 0 Å². The lowest BCUT2D eigenvalue weighted by Gasteiger charge is -2.16. The number of nitrogens with zero attached hydrogens (tertiary/aromatic N) is 1. The van der Waals surface area contributed by atoms with Gasteiger partial charge in [-0.1, -0.05) is 11.6 Å². The van der Waals surface area contributed by atoms with Crippen molar-refractivity contribution in [3.05, 3.63) is 58.9 Å². The van der Waals surface area contributed by atoms with Crippen LogP contribution in [0.5, 0.6) is 0 Å². The van der Waals surface area contributed by atoms with Gasteiger partial charge < -0.3 is 10.6 Å². The molecule has 1 heterocycles. The Labute approximate surface area is 123 Å². The molecule has 2 aromatic rings. The number of hydrogen-bond acceptors (Lipinski definition) is 3. The molecule has 0 aliphatic rings.